The summed E-state index contributed by atoms with van der Waals surface area (Å²) in [6, 6.07) is 10.6. The zero-order valence-electron chi connectivity index (χ0n) is 17.0. The number of ether oxygens (including phenoxy) is 2. The van der Waals surface area contributed by atoms with Crippen molar-refractivity contribution in [2.75, 3.05) is 63.3 Å². The molecule has 8 nitrogen and oxygen atoms in total. The maximum atomic E-state index is 12.1. The highest BCUT2D eigenvalue weighted by Crippen LogP contribution is 2.17. The van der Waals surface area contributed by atoms with Gasteiger partial charge in [0.25, 0.3) is 5.91 Å². The Labute approximate surface area is 181 Å². The minimum Gasteiger partial charge on any atom is -0.484 e. The second kappa shape index (κ2) is 11.1. The standard InChI is InChI=1S/C21H27ClN4O4/c1-29-14-18(27)13-25-8-10-26(11-9-25)20-7-4-17(12-23-20)24-21(28)15-30-19-5-2-16(22)3-6-19/h2-7,12,18,27H,8-11,13-15H2,1H3,(H,24,28). The lowest BCUT2D eigenvalue weighted by Crippen LogP contribution is -2.49. The van der Waals surface area contributed by atoms with E-state index in [1.165, 1.54) is 0 Å². The van der Waals surface area contributed by atoms with Crippen molar-refractivity contribution in [2.24, 2.45) is 0 Å². The van der Waals surface area contributed by atoms with E-state index in [0.717, 1.165) is 32.0 Å². The molecule has 1 aliphatic heterocycles. The third-order valence-electron chi connectivity index (χ3n) is 4.74. The fourth-order valence-corrected chi connectivity index (χ4v) is 3.35. The van der Waals surface area contributed by atoms with Crippen LogP contribution in [0.3, 0.4) is 0 Å². The average molecular weight is 435 g/mol. The quantitative estimate of drug-likeness (QED) is 0.623. The second-order valence-electron chi connectivity index (χ2n) is 7.09. The molecular formula is C21H27ClN4O4. The zero-order chi connectivity index (χ0) is 21.3. The molecule has 1 fully saturated rings. The molecule has 1 unspecified atom stereocenters. The zero-order valence-corrected chi connectivity index (χ0v) is 17.7. The van der Waals surface area contributed by atoms with Gasteiger partial charge in [-0.3, -0.25) is 9.69 Å². The molecule has 0 aliphatic carbocycles. The number of β-amino-alcohol motifs (C(OH)–C–C–N with tert-alkyl or cyclic N) is 1. The van der Waals surface area contributed by atoms with Gasteiger partial charge in [0.2, 0.25) is 0 Å². The van der Waals surface area contributed by atoms with E-state index in [1.807, 2.05) is 12.1 Å². The number of halogens is 1. The van der Waals surface area contributed by atoms with Crippen LogP contribution in [0.1, 0.15) is 0 Å². The highest BCUT2D eigenvalue weighted by molar-refractivity contribution is 6.30. The third-order valence-corrected chi connectivity index (χ3v) is 4.99. The molecule has 0 saturated carbocycles. The van der Waals surface area contributed by atoms with Crippen molar-refractivity contribution < 1.29 is 19.4 Å². The Morgan fingerprint density at radius 3 is 2.57 bits per heavy atom. The van der Waals surface area contributed by atoms with Crippen molar-refractivity contribution in [3.05, 3.63) is 47.6 Å². The first-order valence-electron chi connectivity index (χ1n) is 9.82. The third kappa shape index (κ3) is 6.84. The molecule has 1 atom stereocenters. The molecule has 9 heteroatoms. The first kappa shape index (κ1) is 22.3. The number of pyridine rings is 1. The van der Waals surface area contributed by atoms with Crippen LogP contribution in [0.5, 0.6) is 5.75 Å². The van der Waals surface area contributed by atoms with Crippen molar-refractivity contribution in [2.45, 2.75) is 6.10 Å². The summed E-state index contributed by atoms with van der Waals surface area (Å²) in [5.41, 5.74) is 0.616. The second-order valence-corrected chi connectivity index (χ2v) is 7.53. The molecule has 162 valence electrons. The van der Waals surface area contributed by atoms with Crippen molar-refractivity contribution in [1.82, 2.24) is 9.88 Å². The first-order valence-corrected chi connectivity index (χ1v) is 10.2. The van der Waals surface area contributed by atoms with E-state index in [9.17, 15) is 9.90 Å². The van der Waals surface area contributed by atoms with Gasteiger partial charge in [-0.2, -0.15) is 0 Å². The molecule has 2 N–H and O–H groups in total. The largest absolute Gasteiger partial charge is 0.484 e. The van der Waals surface area contributed by atoms with Crippen molar-refractivity contribution in [1.29, 1.82) is 0 Å². The molecule has 0 spiro atoms. The maximum absolute atomic E-state index is 12.1. The predicted octanol–water partition coefficient (Wildman–Crippen LogP) is 1.88. The van der Waals surface area contributed by atoms with E-state index in [0.29, 0.717) is 29.6 Å². The van der Waals surface area contributed by atoms with E-state index in [1.54, 1.807) is 37.6 Å². The molecule has 2 aromatic rings. The van der Waals surface area contributed by atoms with E-state index in [-0.39, 0.29) is 12.5 Å². The minimum absolute atomic E-state index is 0.0970. The van der Waals surface area contributed by atoms with Gasteiger partial charge in [-0.15, -0.1) is 0 Å². The molecule has 1 amide bonds. The molecule has 1 aromatic heterocycles. The molecular weight excluding hydrogens is 408 g/mol. The molecule has 2 heterocycles. The summed E-state index contributed by atoms with van der Waals surface area (Å²) in [6.45, 7) is 4.21. The lowest BCUT2D eigenvalue weighted by atomic mass is 10.2. The number of piperazine rings is 1. The van der Waals surface area contributed by atoms with E-state index in [2.05, 4.69) is 20.1 Å². The number of aliphatic hydroxyl groups is 1. The summed E-state index contributed by atoms with van der Waals surface area (Å²) in [5, 5.41) is 13.2. The van der Waals surface area contributed by atoms with Gasteiger partial charge in [0.05, 0.1) is 24.6 Å². The fourth-order valence-electron chi connectivity index (χ4n) is 3.23. The van der Waals surface area contributed by atoms with Crippen LogP contribution in [0.15, 0.2) is 42.6 Å². The van der Waals surface area contributed by atoms with Gasteiger partial charge in [0.15, 0.2) is 6.61 Å². The number of aliphatic hydroxyl groups excluding tert-OH is 1. The number of amides is 1. The van der Waals surface area contributed by atoms with Crippen molar-refractivity contribution >= 4 is 29.0 Å². The SMILES string of the molecule is COCC(O)CN1CCN(c2ccc(NC(=O)COc3ccc(Cl)cc3)cn2)CC1. The van der Waals surface area contributed by atoms with Crippen LogP contribution in [0, 0.1) is 0 Å². The number of anilines is 2. The maximum Gasteiger partial charge on any atom is 0.262 e. The lowest BCUT2D eigenvalue weighted by Gasteiger charge is -2.36. The Hall–Kier alpha value is -2.39. The van der Waals surface area contributed by atoms with Crippen molar-refractivity contribution in [3.8, 4) is 5.75 Å². The van der Waals surface area contributed by atoms with Gasteiger partial charge in [0.1, 0.15) is 11.6 Å². The molecule has 1 aliphatic rings. The lowest BCUT2D eigenvalue weighted by molar-refractivity contribution is -0.118. The minimum atomic E-state index is -0.466. The Balaban J connectivity index is 1.42. The summed E-state index contributed by atoms with van der Waals surface area (Å²) in [6.07, 6.45) is 1.18. The number of carbonyl (C=O) groups is 1. The molecule has 0 radical (unpaired) electrons. The van der Waals surface area contributed by atoms with Crippen molar-refractivity contribution in [3.63, 3.8) is 0 Å². The van der Waals surface area contributed by atoms with Gasteiger partial charge >= 0.3 is 0 Å². The monoisotopic (exact) mass is 434 g/mol. The van der Waals surface area contributed by atoms with Gasteiger partial charge < -0.3 is 24.8 Å². The van der Waals surface area contributed by atoms with Gasteiger partial charge in [-0.1, -0.05) is 11.6 Å². The summed E-state index contributed by atoms with van der Waals surface area (Å²) < 4.78 is 10.4. The highest BCUT2D eigenvalue weighted by atomic mass is 35.5. The van der Waals surface area contributed by atoms with Crippen LogP contribution in [-0.2, 0) is 9.53 Å². The van der Waals surface area contributed by atoms with Crippen LogP contribution in [0.2, 0.25) is 5.02 Å². The predicted molar refractivity (Wildman–Crippen MR) is 116 cm³/mol. The number of benzene rings is 1. The van der Waals surface area contributed by atoms with Crippen LogP contribution < -0.4 is 15.0 Å². The number of rotatable bonds is 9. The number of nitrogens with one attached hydrogen (secondary N) is 1. The van der Waals surface area contributed by atoms with Crippen LogP contribution in [-0.4, -0.2) is 80.0 Å². The molecule has 30 heavy (non-hydrogen) atoms. The first-order chi connectivity index (χ1) is 14.5. The Morgan fingerprint density at radius 1 is 1.20 bits per heavy atom. The van der Waals surface area contributed by atoms with Crippen LogP contribution in [0.4, 0.5) is 11.5 Å². The number of hydrogen-bond acceptors (Lipinski definition) is 7. The smallest absolute Gasteiger partial charge is 0.262 e. The highest BCUT2D eigenvalue weighted by Gasteiger charge is 2.20. The molecule has 1 saturated heterocycles. The van der Waals surface area contributed by atoms with E-state index < -0.39 is 6.10 Å². The van der Waals surface area contributed by atoms with Gasteiger partial charge in [0, 0.05) is 44.9 Å². The fraction of sp³-hybridized carbons (Fsp3) is 0.429. The molecule has 0 bridgehead atoms. The van der Waals surface area contributed by atoms with Crippen LogP contribution >= 0.6 is 11.6 Å². The molecule has 3 rings (SSSR count). The van der Waals surface area contributed by atoms with Crippen LogP contribution in [0.25, 0.3) is 0 Å². The van der Waals surface area contributed by atoms with E-state index in [4.69, 9.17) is 21.1 Å². The molecule has 1 aromatic carbocycles. The average Bonchev–Trinajstić information content (AvgIpc) is 2.75. The topological polar surface area (TPSA) is 87.2 Å². The number of carbonyl (C=O) groups excluding carboxylic acids is 1. The number of nitrogens with zero attached hydrogens (tertiary/aromatic N) is 3. The number of aromatic nitrogens is 1. The summed E-state index contributed by atoms with van der Waals surface area (Å²) >= 11 is 5.83. The normalized spacial score (nSPS) is 15.6. The summed E-state index contributed by atoms with van der Waals surface area (Å²) in [7, 11) is 1.59. The summed E-state index contributed by atoms with van der Waals surface area (Å²) in [5.74, 6) is 1.18. The Bertz CT molecular complexity index is 796. The number of methoxy groups -OCH3 is 1. The Morgan fingerprint density at radius 2 is 1.93 bits per heavy atom. The van der Waals surface area contributed by atoms with Gasteiger partial charge in [-0.25, -0.2) is 4.98 Å². The van der Waals surface area contributed by atoms with E-state index >= 15 is 0 Å². The number of hydrogen-bond donors (Lipinski definition) is 2. The Kier molecular flexibility index (Phi) is 8.27. The summed E-state index contributed by atoms with van der Waals surface area (Å²) in [4.78, 5) is 20.9. The van der Waals surface area contributed by atoms with Gasteiger partial charge in [-0.05, 0) is 36.4 Å².